The van der Waals surface area contributed by atoms with Crippen LogP contribution >= 0.6 is 23.2 Å². The van der Waals surface area contributed by atoms with E-state index in [2.05, 4.69) is 6.07 Å². The third-order valence-electron chi connectivity index (χ3n) is 5.02. The average molecular weight is 418 g/mol. The Balaban J connectivity index is 0.000000855. The minimum absolute atomic E-state index is 0.00880. The molecule has 4 nitrogen and oxygen atoms in total. The largest absolute Gasteiger partial charge is 0.444 e. The molecular formula is C21H33Cl2NO3. The van der Waals surface area contributed by atoms with Crippen molar-refractivity contribution >= 4 is 29.3 Å². The molecule has 2 atom stereocenters. The molecule has 6 heteroatoms. The van der Waals surface area contributed by atoms with Crippen LogP contribution in [0.5, 0.6) is 0 Å². The van der Waals surface area contributed by atoms with Gasteiger partial charge in [-0.05, 0) is 57.2 Å². The number of carbonyl (C=O) groups is 1. The average Bonchev–Trinajstić information content (AvgIpc) is 3.18. The van der Waals surface area contributed by atoms with Gasteiger partial charge in [-0.1, -0.05) is 49.5 Å². The van der Waals surface area contributed by atoms with Crippen molar-refractivity contribution in [3.05, 3.63) is 33.8 Å². The Morgan fingerprint density at radius 3 is 2.41 bits per heavy atom. The third kappa shape index (κ3) is 5.52. The highest BCUT2D eigenvalue weighted by atomic mass is 35.5. The number of carbonyl (C=O) groups excluding carboxylic acids is 1. The highest BCUT2D eigenvalue weighted by Gasteiger charge is 2.52. The van der Waals surface area contributed by atoms with Crippen LogP contribution in [0.2, 0.25) is 10.0 Å². The number of aliphatic hydroxyl groups excluding tert-OH is 1. The maximum atomic E-state index is 12.4. The van der Waals surface area contributed by atoms with Gasteiger partial charge >= 0.3 is 6.09 Å². The normalized spacial score (nSPS) is 23.6. The number of fused-ring (bicyclic) bond motifs is 1. The van der Waals surface area contributed by atoms with Crippen LogP contribution in [0.4, 0.5) is 4.79 Å². The lowest BCUT2D eigenvalue weighted by molar-refractivity contribution is 0.0277. The standard InChI is InChI=1S/C18H23Cl2NO2.C2H6.CH4O/c1-17(2,3)23-16(22)21-10-13-5-4-8-18(13,11-21)12-6-7-14(19)15(20)9-12;2*1-2/h6-7,9,13H,4-5,8,10-11H2,1-3H3;1-2H3;2H,1H3/t13-,18+;;/m1../s1. The second-order valence-electron chi connectivity index (χ2n) is 7.74. The third-order valence-corrected chi connectivity index (χ3v) is 5.76. The number of halogens is 2. The number of hydrogen-bond donors (Lipinski definition) is 1. The predicted octanol–water partition coefficient (Wildman–Crippen LogP) is 5.92. The first-order valence-corrected chi connectivity index (χ1v) is 10.3. The summed E-state index contributed by atoms with van der Waals surface area (Å²) in [7, 11) is 1.00. The molecular weight excluding hydrogens is 385 g/mol. The van der Waals surface area contributed by atoms with E-state index in [4.69, 9.17) is 33.0 Å². The molecule has 1 aromatic carbocycles. The van der Waals surface area contributed by atoms with Gasteiger partial charge in [0.1, 0.15) is 5.60 Å². The number of benzene rings is 1. The summed E-state index contributed by atoms with van der Waals surface area (Å²) in [5, 5.41) is 8.16. The van der Waals surface area contributed by atoms with Crippen molar-refractivity contribution in [1.29, 1.82) is 0 Å². The van der Waals surface area contributed by atoms with E-state index in [9.17, 15) is 4.79 Å². The Morgan fingerprint density at radius 1 is 1.22 bits per heavy atom. The summed E-state index contributed by atoms with van der Waals surface area (Å²) >= 11 is 12.3. The molecule has 3 rings (SSSR count). The number of hydrogen-bond acceptors (Lipinski definition) is 3. The molecule has 2 fully saturated rings. The molecule has 154 valence electrons. The van der Waals surface area contributed by atoms with Crippen LogP contribution in [-0.4, -0.2) is 41.9 Å². The van der Waals surface area contributed by atoms with Crippen molar-refractivity contribution in [2.45, 2.75) is 64.9 Å². The monoisotopic (exact) mass is 417 g/mol. The van der Waals surface area contributed by atoms with Crippen molar-refractivity contribution in [1.82, 2.24) is 4.90 Å². The van der Waals surface area contributed by atoms with E-state index in [0.717, 1.165) is 26.5 Å². The van der Waals surface area contributed by atoms with Crippen LogP contribution in [0, 0.1) is 5.92 Å². The Morgan fingerprint density at radius 2 is 1.85 bits per heavy atom. The SMILES string of the molecule is CC.CC(C)(C)OC(=O)N1C[C@H]2CCC[C@@]2(c2ccc(Cl)c(Cl)c2)C1.CO. The van der Waals surface area contributed by atoms with Gasteiger partial charge in [0, 0.05) is 25.6 Å². The fraction of sp³-hybridized carbons (Fsp3) is 0.667. The first-order valence-electron chi connectivity index (χ1n) is 9.59. The topological polar surface area (TPSA) is 49.8 Å². The van der Waals surface area contributed by atoms with E-state index in [0.29, 0.717) is 22.5 Å². The fourth-order valence-electron chi connectivity index (χ4n) is 4.03. The Labute approximate surface area is 173 Å². The van der Waals surface area contributed by atoms with Gasteiger partial charge in [0.05, 0.1) is 10.0 Å². The van der Waals surface area contributed by atoms with E-state index in [1.54, 1.807) is 0 Å². The van der Waals surface area contributed by atoms with Crippen molar-refractivity contribution in [3.63, 3.8) is 0 Å². The summed E-state index contributed by atoms with van der Waals surface area (Å²) in [4.78, 5) is 14.3. The molecule has 0 radical (unpaired) electrons. The molecule has 1 aromatic rings. The van der Waals surface area contributed by atoms with Crippen LogP contribution in [0.1, 0.15) is 59.4 Å². The maximum absolute atomic E-state index is 12.4. The maximum Gasteiger partial charge on any atom is 0.410 e. The highest BCUT2D eigenvalue weighted by molar-refractivity contribution is 6.42. The van der Waals surface area contributed by atoms with Gasteiger partial charge < -0.3 is 14.7 Å². The molecule has 1 saturated carbocycles. The molecule has 0 spiro atoms. The molecule has 1 heterocycles. The van der Waals surface area contributed by atoms with Crippen LogP contribution < -0.4 is 0 Å². The zero-order chi connectivity index (χ0) is 20.8. The lowest BCUT2D eigenvalue weighted by Gasteiger charge is -2.30. The Hall–Kier alpha value is -0.970. The molecule has 1 saturated heterocycles. The molecule has 0 aromatic heterocycles. The first kappa shape index (κ1) is 24.1. The van der Waals surface area contributed by atoms with Gasteiger partial charge in [0.25, 0.3) is 0 Å². The van der Waals surface area contributed by atoms with Crippen LogP contribution in [0.15, 0.2) is 18.2 Å². The fourth-order valence-corrected chi connectivity index (χ4v) is 4.33. The predicted molar refractivity (Wildman–Crippen MR) is 113 cm³/mol. The second kappa shape index (κ2) is 9.99. The van der Waals surface area contributed by atoms with E-state index in [1.807, 2.05) is 51.7 Å². The van der Waals surface area contributed by atoms with Crippen molar-refractivity contribution < 1.29 is 14.6 Å². The van der Waals surface area contributed by atoms with E-state index < -0.39 is 5.60 Å². The highest BCUT2D eigenvalue weighted by Crippen LogP contribution is 2.51. The quantitative estimate of drug-likeness (QED) is 0.616. The first-order chi connectivity index (χ1) is 12.7. The van der Waals surface area contributed by atoms with Gasteiger partial charge in [-0.2, -0.15) is 0 Å². The number of rotatable bonds is 1. The van der Waals surface area contributed by atoms with Crippen molar-refractivity contribution in [3.8, 4) is 0 Å². The summed E-state index contributed by atoms with van der Waals surface area (Å²) in [6.07, 6.45) is 3.19. The molecule has 1 N–H and O–H groups in total. The molecule has 1 amide bonds. The van der Waals surface area contributed by atoms with Crippen LogP contribution in [0.25, 0.3) is 0 Å². The lowest BCUT2D eigenvalue weighted by Crippen LogP contribution is -2.38. The van der Waals surface area contributed by atoms with E-state index in [-0.39, 0.29) is 11.5 Å². The van der Waals surface area contributed by atoms with Crippen molar-refractivity contribution in [2.24, 2.45) is 5.92 Å². The number of ether oxygens (including phenoxy) is 1. The number of likely N-dealkylation sites (tertiary alicyclic amines) is 1. The minimum atomic E-state index is -0.467. The lowest BCUT2D eigenvalue weighted by atomic mass is 9.75. The molecule has 1 aliphatic heterocycles. The molecule has 0 unspecified atom stereocenters. The van der Waals surface area contributed by atoms with Gasteiger partial charge in [-0.25, -0.2) is 4.79 Å². The summed E-state index contributed by atoms with van der Waals surface area (Å²) in [6, 6.07) is 5.89. The summed E-state index contributed by atoms with van der Waals surface area (Å²) in [6.45, 7) is 11.2. The summed E-state index contributed by atoms with van der Waals surface area (Å²) in [5.74, 6) is 0.465. The number of amides is 1. The Bertz CT molecular complexity index is 630. The van der Waals surface area contributed by atoms with Gasteiger partial charge in [0.15, 0.2) is 0 Å². The second-order valence-corrected chi connectivity index (χ2v) is 8.55. The summed E-state index contributed by atoms with van der Waals surface area (Å²) in [5.41, 5.74) is 0.719. The van der Waals surface area contributed by atoms with E-state index in [1.165, 1.54) is 12.0 Å². The minimum Gasteiger partial charge on any atom is -0.444 e. The molecule has 27 heavy (non-hydrogen) atoms. The van der Waals surface area contributed by atoms with Gasteiger partial charge in [0.2, 0.25) is 0 Å². The molecule has 2 aliphatic rings. The van der Waals surface area contributed by atoms with Crippen LogP contribution in [0.3, 0.4) is 0 Å². The zero-order valence-electron chi connectivity index (χ0n) is 17.3. The number of nitrogens with zero attached hydrogens (tertiary/aromatic N) is 1. The van der Waals surface area contributed by atoms with Gasteiger partial charge in [-0.3, -0.25) is 0 Å². The van der Waals surface area contributed by atoms with Crippen molar-refractivity contribution in [2.75, 3.05) is 20.2 Å². The van der Waals surface area contributed by atoms with Crippen LogP contribution in [-0.2, 0) is 10.2 Å². The number of aliphatic hydroxyl groups is 1. The molecule has 1 aliphatic carbocycles. The Kier molecular flexibility index (Phi) is 8.91. The van der Waals surface area contributed by atoms with Gasteiger partial charge in [-0.15, -0.1) is 0 Å². The summed E-state index contributed by atoms with van der Waals surface area (Å²) < 4.78 is 5.55. The molecule has 0 bridgehead atoms. The smallest absolute Gasteiger partial charge is 0.410 e. The zero-order valence-corrected chi connectivity index (χ0v) is 18.8. The van der Waals surface area contributed by atoms with E-state index >= 15 is 0 Å².